The van der Waals surface area contributed by atoms with Gasteiger partial charge in [0.2, 0.25) is 5.91 Å². The van der Waals surface area contributed by atoms with Crippen molar-refractivity contribution in [2.75, 3.05) is 33.7 Å². The molecule has 0 aromatic heterocycles. The van der Waals surface area contributed by atoms with Crippen LogP contribution >= 0.6 is 24.0 Å². The first-order valence-corrected chi connectivity index (χ1v) is 9.78. The van der Waals surface area contributed by atoms with Crippen molar-refractivity contribution in [3.8, 4) is 0 Å². The summed E-state index contributed by atoms with van der Waals surface area (Å²) < 4.78 is 0. The molecule has 2 amide bonds. The molecule has 0 saturated carbocycles. The quantitative estimate of drug-likeness (QED) is 0.358. The Kier molecular flexibility index (Phi) is 9.38. The minimum absolute atomic E-state index is 0. The smallest absolute Gasteiger partial charge is 0.251 e. The van der Waals surface area contributed by atoms with E-state index in [1.165, 1.54) is 0 Å². The predicted molar refractivity (Wildman–Crippen MR) is 128 cm³/mol. The summed E-state index contributed by atoms with van der Waals surface area (Å²) in [6, 6.07) is 7.77. The van der Waals surface area contributed by atoms with E-state index in [4.69, 9.17) is 0 Å². The molecule has 2 N–H and O–H groups in total. The number of guanidine groups is 1. The molecule has 1 aliphatic rings. The highest BCUT2D eigenvalue weighted by atomic mass is 127. The van der Waals surface area contributed by atoms with Gasteiger partial charge in [0.15, 0.2) is 5.96 Å². The van der Waals surface area contributed by atoms with Gasteiger partial charge in [-0.25, -0.2) is 0 Å². The second-order valence-corrected chi connectivity index (χ2v) is 8.03. The van der Waals surface area contributed by atoms with E-state index in [9.17, 15) is 9.59 Å². The number of hydrogen-bond donors (Lipinski definition) is 2. The van der Waals surface area contributed by atoms with E-state index in [1.807, 2.05) is 28.0 Å². The second kappa shape index (κ2) is 10.8. The number of nitrogens with zero attached hydrogens (tertiary/aromatic N) is 3. The third-order valence-electron chi connectivity index (χ3n) is 4.97. The number of rotatable bonds is 5. The van der Waals surface area contributed by atoms with Crippen LogP contribution < -0.4 is 10.6 Å². The Morgan fingerprint density at radius 1 is 1.31 bits per heavy atom. The van der Waals surface area contributed by atoms with Crippen LogP contribution in [0.4, 0.5) is 0 Å². The minimum atomic E-state index is -0.261. The molecule has 1 aromatic carbocycles. The highest BCUT2D eigenvalue weighted by Crippen LogP contribution is 2.24. The largest absolute Gasteiger partial charge is 0.356 e. The van der Waals surface area contributed by atoms with Crippen molar-refractivity contribution in [3.63, 3.8) is 0 Å². The number of halogens is 1. The van der Waals surface area contributed by atoms with Gasteiger partial charge in [-0.3, -0.25) is 14.6 Å². The number of carbonyl (C=O) groups is 2. The molecule has 1 saturated heterocycles. The molecule has 0 unspecified atom stereocenters. The molecule has 1 fully saturated rings. The van der Waals surface area contributed by atoms with Gasteiger partial charge in [0.05, 0.1) is 12.1 Å². The summed E-state index contributed by atoms with van der Waals surface area (Å²) in [4.78, 5) is 32.8. The van der Waals surface area contributed by atoms with Crippen LogP contribution in [0.15, 0.2) is 29.3 Å². The highest BCUT2D eigenvalue weighted by Gasteiger charge is 2.40. The molecule has 1 aromatic rings. The van der Waals surface area contributed by atoms with Crippen molar-refractivity contribution in [2.45, 2.75) is 45.7 Å². The van der Waals surface area contributed by atoms with E-state index in [1.54, 1.807) is 20.2 Å². The summed E-state index contributed by atoms with van der Waals surface area (Å²) in [6.45, 7) is 10.0. The van der Waals surface area contributed by atoms with E-state index in [0.717, 1.165) is 24.5 Å². The van der Waals surface area contributed by atoms with E-state index >= 15 is 0 Å². The molecule has 1 aliphatic heterocycles. The van der Waals surface area contributed by atoms with Gasteiger partial charge in [-0.15, -0.1) is 24.0 Å². The van der Waals surface area contributed by atoms with Crippen LogP contribution in [0.5, 0.6) is 0 Å². The zero-order chi connectivity index (χ0) is 20.9. The van der Waals surface area contributed by atoms with Gasteiger partial charge < -0.3 is 20.4 Å². The normalized spacial score (nSPS) is 16.5. The molecule has 0 aliphatic carbocycles. The van der Waals surface area contributed by atoms with Crippen molar-refractivity contribution in [1.82, 2.24) is 20.4 Å². The Morgan fingerprint density at radius 2 is 2.00 bits per heavy atom. The SMILES string of the molecule is CN=C(NCCc1cccc(C(=O)NC)c1)N1CC(=O)N(C(C)C)C(C)(C)C1.I. The lowest BCUT2D eigenvalue weighted by Gasteiger charge is -2.49. The van der Waals surface area contributed by atoms with Crippen LogP contribution in [0.1, 0.15) is 43.6 Å². The molecular formula is C21H34IN5O2. The van der Waals surface area contributed by atoms with Crippen LogP contribution in [0.2, 0.25) is 0 Å². The van der Waals surface area contributed by atoms with Crippen LogP contribution in [-0.4, -0.2) is 72.9 Å². The maximum atomic E-state index is 12.7. The number of nitrogens with one attached hydrogen (secondary N) is 2. The monoisotopic (exact) mass is 515 g/mol. The van der Waals surface area contributed by atoms with Crippen molar-refractivity contribution in [2.24, 2.45) is 4.99 Å². The van der Waals surface area contributed by atoms with Gasteiger partial charge in [0.25, 0.3) is 5.91 Å². The van der Waals surface area contributed by atoms with Gasteiger partial charge in [-0.1, -0.05) is 12.1 Å². The highest BCUT2D eigenvalue weighted by molar-refractivity contribution is 14.0. The summed E-state index contributed by atoms with van der Waals surface area (Å²) in [7, 11) is 3.36. The van der Waals surface area contributed by atoms with E-state index in [0.29, 0.717) is 18.7 Å². The lowest BCUT2D eigenvalue weighted by atomic mass is 9.96. The van der Waals surface area contributed by atoms with Gasteiger partial charge >= 0.3 is 0 Å². The van der Waals surface area contributed by atoms with Crippen LogP contribution in [-0.2, 0) is 11.2 Å². The van der Waals surface area contributed by atoms with Crippen molar-refractivity contribution in [1.29, 1.82) is 0 Å². The second-order valence-electron chi connectivity index (χ2n) is 8.03. The number of aliphatic imine (C=N–C) groups is 1. The fourth-order valence-corrected chi connectivity index (χ4v) is 3.98. The molecule has 2 rings (SSSR count). The average Bonchev–Trinajstić information content (AvgIpc) is 2.63. The van der Waals surface area contributed by atoms with Crippen LogP contribution in [0.25, 0.3) is 0 Å². The van der Waals surface area contributed by atoms with Crippen LogP contribution in [0, 0.1) is 0 Å². The molecule has 7 nitrogen and oxygen atoms in total. The number of carbonyl (C=O) groups excluding carboxylic acids is 2. The Hall–Kier alpha value is -1.84. The zero-order valence-electron chi connectivity index (χ0n) is 18.3. The Labute approximate surface area is 191 Å². The number of benzene rings is 1. The molecule has 8 heteroatoms. The lowest BCUT2D eigenvalue weighted by Crippen LogP contribution is -2.66. The minimum Gasteiger partial charge on any atom is -0.356 e. The summed E-state index contributed by atoms with van der Waals surface area (Å²) >= 11 is 0. The Bertz CT molecular complexity index is 748. The van der Waals surface area contributed by atoms with Gasteiger partial charge in [0, 0.05) is 38.8 Å². The van der Waals surface area contributed by atoms with Gasteiger partial charge in [-0.05, 0) is 51.8 Å². The topological polar surface area (TPSA) is 77.0 Å². The molecule has 0 radical (unpaired) electrons. The number of amides is 2. The fraction of sp³-hybridized carbons (Fsp3) is 0.571. The first kappa shape index (κ1) is 25.2. The Morgan fingerprint density at radius 3 is 2.55 bits per heavy atom. The first-order valence-electron chi connectivity index (χ1n) is 9.78. The molecule has 162 valence electrons. The molecular weight excluding hydrogens is 481 g/mol. The standard InChI is InChI=1S/C21H33N5O2.HI/c1-15(2)26-18(27)13-25(14-21(26,3)4)20(23-6)24-11-10-16-8-7-9-17(12-16)19(28)22-5;/h7-9,12,15H,10-11,13-14H2,1-6H3,(H,22,28)(H,23,24);1H. The maximum Gasteiger partial charge on any atom is 0.251 e. The molecule has 0 atom stereocenters. The lowest BCUT2D eigenvalue weighted by molar-refractivity contribution is -0.145. The van der Waals surface area contributed by atoms with E-state index in [-0.39, 0.29) is 47.4 Å². The number of hydrogen-bond acceptors (Lipinski definition) is 3. The summed E-state index contributed by atoms with van der Waals surface area (Å²) in [5, 5.41) is 6.00. The van der Waals surface area contributed by atoms with E-state index < -0.39 is 0 Å². The van der Waals surface area contributed by atoms with Crippen molar-refractivity contribution >= 4 is 41.8 Å². The van der Waals surface area contributed by atoms with Crippen LogP contribution in [0.3, 0.4) is 0 Å². The molecule has 29 heavy (non-hydrogen) atoms. The third kappa shape index (κ3) is 6.32. The fourth-order valence-electron chi connectivity index (χ4n) is 3.98. The van der Waals surface area contributed by atoms with E-state index in [2.05, 4.69) is 43.3 Å². The maximum absolute atomic E-state index is 12.7. The third-order valence-corrected chi connectivity index (χ3v) is 4.97. The summed E-state index contributed by atoms with van der Waals surface area (Å²) in [5.74, 6) is 0.758. The molecule has 0 bridgehead atoms. The average molecular weight is 515 g/mol. The number of piperazine rings is 1. The van der Waals surface area contributed by atoms with Gasteiger partial charge in [0.1, 0.15) is 0 Å². The van der Waals surface area contributed by atoms with Gasteiger partial charge in [-0.2, -0.15) is 0 Å². The zero-order valence-corrected chi connectivity index (χ0v) is 20.6. The predicted octanol–water partition coefficient (Wildman–Crippen LogP) is 2.11. The molecule has 1 heterocycles. The van der Waals surface area contributed by atoms with Crippen molar-refractivity contribution < 1.29 is 9.59 Å². The van der Waals surface area contributed by atoms with Crippen molar-refractivity contribution in [3.05, 3.63) is 35.4 Å². The molecule has 0 spiro atoms. The Balaban J connectivity index is 0.00000420. The summed E-state index contributed by atoms with van der Waals surface area (Å²) in [6.07, 6.45) is 0.757. The first-order chi connectivity index (χ1) is 13.2. The summed E-state index contributed by atoms with van der Waals surface area (Å²) in [5.41, 5.74) is 1.47.